The molecule has 2 N–H and O–H groups in total. The van der Waals surface area contributed by atoms with Crippen LogP contribution in [0.2, 0.25) is 5.02 Å². The zero-order valence-corrected chi connectivity index (χ0v) is 14.9. The van der Waals surface area contributed by atoms with Gasteiger partial charge in [0, 0.05) is 17.5 Å². The SMILES string of the molecule is CC(=O)Nc1ccc(Cl)cc1NC(=O)c1ccc(-c2ccccc2)cc1. The highest BCUT2D eigenvalue weighted by Gasteiger charge is 2.11. The maximum absolute atomic E-state index is 12.5. The van der Waals surface area contributed by atoms with Crippen LogP contribution < -0.4 is 10.6 Å². The second-order valence-corrected chi connectivity index (χ2v) is 6.21. The second kappa shape index (κ2) is 7.85. The van der Waals surface area contributed by atoms with Crippen molar-refractivity contribution in [3.05, 3.63) is 83.4 Å². The molecule has 130 valence electrons. The van der Waals surface area contributed by atoms with Crippen LogP contribution in [0.15, 0.2) is 72.8 Å². The van der Waals surface area contributed by atoms with E-state index in [9.17, 15) is 9.59 Å². The Morgan fingerprint density at radius 1 is 0.769 bits per heavy atom. The predicted molar refractivity (Wildman–Crippen MR) is 106 cm³/mol. The molecular weight excluding hydrogens is 348 g/mol. The number of halogens is 1. The molecule has 5 heteroatoms. The van der Waals surface area contributed by atoms with Gasteiger partial charge in [0.25, 0.3) is 5.91 Å². The summed E-state index contributed by atoms with van der Waals surface area (Å²) < 4.78 is 0. The third-order valence-electron chi connectivity index (χ3n) is 3.79. The van der Waals surface area contributed by atoms with Gasteiger partial charge in [0.15, 0.2) is 0 Å². The molecule has 0 aliphatic carbocycles. The smallest absolute Gasteiger partial charge is 0.255 e. The highest BCUT2D eigenvalue weighted by Crippen LogP contribution is 2.27. The number of anilines is 2. The molecule has 4 nitrogen and oxygen atoms in total. The molecule has 0 bridgehead atoms. The maximum atomic E-state index is 12.5. The molecule has 2 amide bonds. The summed E-state index contributed by atoms with van der Waals surface area (Å²) in [4.78, 5) is 23.9. The van der Waals surface area contributed by atoms with Gasteiger partial charge < -0.3 is 10.6 Å². The number of hydrogen-bond acceptors (Lipinski definition) is 2. The van der Waals surface area contributed by atoms with Gasteiger partial charge in [-0.3, -0.25) is 9.59 Å². The van der Waals surface area contributed by atoms with Gasteiger partial charge in [-0.25, -0.2) is 0 Å². The van der Waals surface area contributed by atoms with Crippen molar-refractivity contribution in [2.45, 2.75) is 6.92 Å². The summed E-state index contributed by atoms with van der Waals surface area (Å²) in [6, 6.07) is 22.2. The quantitative estimate of drug-likeness (QED) is 0.667. The van der Waals surface area contributed by atoms with E-state index < -0.39 is 0 Å². The minimum atomic E-state index is -0.279. The molecule has 3 aromatic rings. The Hall–Kier alpha value is -3.11. The Bertz CT molecular complexity index is 938. The van der Waals surface area contributed by atoms with E-state index in [2.05, 4.69) is 10.6 Å². The summed E-state index contributed by atoms with van der Waals surface area (Å²) in [7, 11) is 0. The molecule has 0 aromatic heterocycles. The van der Waals surface area contributed by atoms with E-state index in [1.165, 1.54) is 6.92 Å². The van der Waals surface area contributed by atoms with E-state index in [0.717, 1.165) is 11.1 Å². The van der Waals surface area contributed by atoms with Crippen molar-refractivity contribution in [3.63, 3.8) is 0 Å². The zero-order chi connectivity index (χ0) is 18.5. The van der Waals surface area contributed by atoms with Crippen molar-refractivity contribution in [2.75, 3.05) is 10.6 Å². The minimum absolute atomic E-state index is 0.227. The molecule has 0 radical (unpaired) electrons. The molecule has 0 saturated carbocycles. The molecule has 0 fully saturated rings. The molecule has 0 atom stereocenters. The van der Waals surface area contributed by atoms with Crippen LogP contribution >= 0.6 is 11.6 Å². The van der Waals surface area contributed by atoms with Crippen LogP contribution in [0.5, 0.6) is 0 Å². The summed E-state index contributed by atoms with van der Waals surface area (Å²) in [6.07, 6.45) is 0. The number of carbonyl (C=O) groups is 2. The molecule has 3 aromatic carbocycles. The average molecular weight is 365 g/mol. The minimum Gasteiger partial charge on any atom is -0.325 e. The first-order valence-corrected chi connectivity index (χ1v) is 8.45. The lowest BCUT2D eigenvalue weighted by atomic mass is 10.0. The molecule has 0 spiro atoms. The summed E-state index contributed by atoms with van der Waals surface area (Å²) in [5.74, 6) is -0.506. The van der Waals surface area contributed by atoms with E-state index >= 15 is 0 Å². The Balaban J connectivity index is 1.80. The van der Waals surface area contributed by atoms with Crippen LogP contribution in [0.3, 0.4) is 0 Å². The van der Waals surface area contributed by atoms with E-state index in [4.69, 9.17) is 11.6 Å². The first-order valence-electron chi connectivity index (χ1n) is 8.07. The highest BCUT2D eigenvalue weighted by atomic mass is 35.5. The number of carbonyl (C=O) groups excluding carboxylic acids is 2. The van der Waals surface area contributed by atoms with Crippen LogP contribution in [0.1, 0.15) is 17.3 Å². The monoisotopic (exact) mass is 364 g/mol. The van der Waals surface area contributed by atoms with Crippen LogP contribution in [0, 0.1) is 0 Å². The fourth-order valence-corrected chi connectivity index (χ4v) is 2.73. The predicted octanol–water partition coefficient (Wildman–Crippen LogP) is 5.22. The van der Waals surface area contributed by atoms with Crippen LogP contribution in [0.4, 0.5) is 11.4 Å². The number of hydrogen-bond donors (Lipinski definition) is 2. The summed E-state index contributed by atoms with van der Waals surface area (Å²) >= 11 is 6.01. The van der Waals surface area contributed by atoms with Crippen molar-refractivity contribution >= 4 is 34.8 Å². The van der Waals surface area contributed by atoms with Gasteiger partial charge in [-0.05, 0) is 41.5 Å². The number of rotatable bonds is 4. The normalized spacial score (nSPS) is 10.2. The fraction of sp³-hybridized carbons (Fsp3) is 0.0476. The zero-order valence-electron chi connectivity index (χ0n) is 14.1. The number of amides is 2. The molecule has 3 rings (SSSR count). The molecule has 0 heterocycles. The van der Waals surface area contributed by atoms with E-state index in [1.54, 1.807) is 30.3 Å². The molecule has 0 aliphatic rings. The summed E-state index contributed by atoms with van der Waals surface area (Å²) in [5.41, 5.74) is 3.57. The lowest BCUT2D eigenvalue weighted by Gasteiger charge is -2.12. The van der Waals surface area contributed by atoms with E-state index in [0.29, 0.717) is 22.0 Å². The van der Waals surface area contributed by atoms with Crippen LogP contribution in [-0.4, -0.2) is 11.8 Å². The van der Waals surface area contributed by atoms with Gasteiger partial charge in [0.1, 0.15) is 0 Å². The van der Waals surface area contributed by atoms with Gasteiger partial charge in [0.2, 0.25) is 5.91 Å². The second-order valence-electron chi connectivity index (χ2n) is 5.77. The van der Waals surface area contributed by atoms with E-state index in [1.807, 2.05) is 42.5 Å². The Kier molecular flexibility index (Phi) is 5.34. The highest BCUT2D eigenvalue weighted by molar-refractivity contribution is 6.31. The van der Waals surface area contributed by atoms with Gasteiger partial charge in [-0.2, -0.15) is 0 Å². The molecule has 26 heavy (non-hydrogen) atoms. The number of nitrogens with one attached hydrogen (secondary N) is 2. The lowest BCUT2D eigenvalue weighted by Crippen LogP contribution is -2.15. The summed E-state index contributed by atoms with van der Waals surface area (Å²) in [5, 5.41) is 5.94. The van der Waals surface area contributed by atoms with Crippen LogP contribution in [0.25, 0.3) is 11.1 Å². The Morgan fingerprint density at radius 3 is 2.08 bits per heavy atom. The molecule has 0 saturated heterocycles. The molecule has 0 aliphatic heterocycles. The molecule has 0 unspecified atom stereocenters. The third kappa shape index (κ3) is 4.29. The van der Waals surface area contributed by atoms with Gasteiger partial charge in [-0.1, -0.05) is 54.1 Å². The van der Waals surface area contributed by atoms with Crippen molar-refractivity contribution < 1.29 is 9.59 Å². The number of benzene rings is 3. The first-order chi connectivity index (χ1) is 12.5. The summed E-state index contributed by atoms with van der Waals surface area (Å²) in [6.45, 7) is 1.41. The first kappa shape index (κ1) is 17.7. The standard InChI is InChI=1S/C21H17ClN2O2/c1-14(25)23-19-12-11-18(22)13-20(19)24-21(26)17-9-7-16(8-10-17)15-5-3-2-4-6-15/h2-13H,1H3,(H,23,25)(H,24,26). The Morgan fingerprint density at radius 2 is 1.42 bits per heavy atom. The van der Waals surface area contributed by atoms with E-state index in [-0.39, 0.29) is 11.8 Å². The Labute approximate surface area is 156 Å². The van der Waals surface area contributed by atoms with Crippen molar-refractivity contribution in [3.8, 4) is 11.1 Å². The van der Waals surface area contributed by atoms with Gasteiger partial charge >= 0.3 is 0 Å². The van der Waals surface area contributed by atoms with Gasteiger partial charge in [0.05, 0.1) is 11.4 Å². The lowest BCUT2D eigenvalue weighted by molar-refractivity contribution is -0.114. The van der Waals surface area contributed by atoms with Crippen LogP contribution in [-0.2, 0) is 4.79 Å². The third-order valence-corrected chi connectivity index (χ3v) is 4.03. The topological polar surface area (TPSA) is 58.2 Å². The fourth-order valence-electron chi connectivity index (χ4n) is 2.56. The largest absolute Gasteiger partial charge is 0.325 e. The maximum Gasteiger partial charge on any atom is 0.255 e. The van der Waals surface area contributed by atoms with Crippen molar-refractivity contribution in [1.29, 1.82) is 0 Å². The molecular formula is C21H17ClN2O2. The average Bonchev–Trinajstić information content (AvgIpc) is 2.64. The van der Waals surface area contributed by atoms with Crippen molar-refractivity contribution in [2.24, 2.45) is 0 Å². The van der Waals surface area contributed by atoms with Crippen molar-refractivity contribution in [1.82, 2.24) is 0 Å². The van der Waals surface area contributed by atoms with Gasteiger partial charge in [-0.15, -0.1) is 0 Å².